The molecule has 1 amide bonds. The number of aromatic nitrogens is 3. The highest BCUT2D eigenvalue weighted by atomic mass is 35.5. The molecule has 0 radical (unpaired) electrons. The minimum Gasteiger partial charge on any atom is -0.478 e. The molecule has 1 fully saturated rings. The van der Waals surface area contributed by atoms with Gasteiger partial charge in [-0.3, -0.25) is 9.48 Å². The van der Waals surface area contributed by atoms with E-state index in [4.69, 9.17) is 16.3 Å². The van der Waals surface area contributed by atoms with Gasteiger partial charge in [0.2, 0.25) is 5.88 Å². The van der Waals surface area contributed by atoms with Gasteiger partial charge in [-0.1, -0.05) is 11.6 Å². The minimum absolute atomic E-state index is 0.0348. The highest BCUT2D eigenvalue weighted by Crippen LogP contribution is 2.38. The Kier molecular flexibility index (Phi) is 4.76. The van der Waals surface area contributed by atoms with Crippen molar-refractivity contribution in [1.29, 1.82) is 0 Å². The third-order valence-corrected chi connectivity index (χ3v) is 4.77. The molecule has 0 spiro atoms. The minimum atomic E-state index is -0.0368. The molecule has 2 aromatic heterocycles. The van der Waals surface area contributed by atoms with Crippen LogP contribution in [0.25, 0.3) is 0 Å². The topological polar surface area (TPSA) is 60.2 Å². The molecule has 1 aliphatic rings. The number of halogens is 1. The number of ether oxygens (including phenoxy) is 1. The monoisotopic (exact) mass is 348 g/mol. The summed E-state index contributed by atoms with van der Waals surface area (Å²) in [6, 6.07) is 3.45. The lowest BCUT2D eigenvalue weighted by atomic mass is 10.1. The number of nitrogens with zero attached hydrogens (tertiary/aromatic N) is 4. The second-order valence-corrected chi connectivity index (χ2v) is 6.25. The van der Waals surface area contributed by atoms with Crippen LogP contribution in [0.2, 0.25) is 5.15 Å². The van der Waals surface area contributed by atoms with Crippen molar-refractivity contribution in [2.24, 2.45) is 7.05 Å². The molecule has 128 valence electrons. The van der Waals surface area contributed by atoms with Crippen molar-refractivity contribution in [2.45, 2.75) is 32.7 Å². The first-order chi connectivity index (χ1) is 11.5. The molecule has 1 saturated heterocycles. The molecule has 0 bridgehead atoms. The first-order valence-corrected chi connectivity index (χ1v) is 8.49. The predicted octanol–water partition coefficient (Wildman–Crippen LogP) is 3.15. The summed E-state index contributed by atoms with van der Waals surface area (Å²) in [7, 11) is 1.82. The Hall–Kier alpha value is -2.08. The summed E-state index contributed by atoms with van der Waals surface area (Å²) < 4.78 is 6.98. The number of hydrogen-bond acceptors (Lipinski definition) is 4. The molecular formula is C17H21ClN4O2. The van der Waals surface area contributed by atoms with Crippen molar-refractivity contribution >= 4 is 17.5 Å². The summed E-state index contributed by atoms with van der Waals surface area (Å²) in [4.78, 5) is 19.0. The van der Waals surface area contributed by atoms with E-state index in [1.165, 1.54) is 0 Å². The van der Waals surface area contributed by atoms with Crippen molar-refractivity contribution in [3.05, 3.63) is 40.3 Å². The molecular weight excluding hydrogens is 328 g/mol. The normalized spacial score (nSPS) is 17.3. The Morgan fingerprint density at radius 2 is 2.25 bits per heavy atom. The fourth-order valence-electron chi connectivity index (χ4n) is 3.24. The van der Waals surface area contributed by atoms with E-state index in [1.54, 1.807) is 23.0 Å². The zero-order chi connectivity index (χ0) is 17.3. The average molecular weight is 349 g/mol. The lowest BCUT2D eigenvalue weighted by Gasteiger charge is -2.25. The van der Waals surface area contributed by atoms with E-state index in [-0.39, 0.29) is 11.9 Å². The highest BCUT2D eigenvalue weighted by molar-refractivity contribution is 6.30. The van der Waals surface area contributed by atoms with Gasteiger partial charge in [-0.25, -0.2) is 4.98 Å². The first kappa shape index (κ1) is 16.8. The van der Waals surface area contributed by atoms with Gasteiger partial charge in [-0.15, -0.1) is 0 Å². The third kappa shape index (κ3) is 2.98. The van der Waals surface area contributed by atoms with Crippen LogP contribution < -0.4 is 4.74 Å². The number of carbonyl (C=O) groups is 1. The van der Waals surface area contributed by atoms with Crippen LogP contribution in [0, 0.1) is 6.92 Å². The Morgan fingerprint density at radius 1 is 1.46 bits per heavy atom. The maximum absolute atomic E-state index is 12.9. The van der Waals surface area contributed by atoms with Crippen LogP contribution >= 0.6 is 11.6 Å². The smallest absolute Gasteiger partial charge is 0.255 e. The van der Waals surface area contributed by atoms with Crippen molar-refractivity contribution in [3.8, 4) is 5.88 Å². The van der Waals surface area contributed by atoms with Crippen LogP contribution in [0.3, 0.4) is 0 Å². The zero-order valence-corrected chi connectivity index (χ0v) is 14.9. The van der Waals surface area contributed by atoms with Crippen molar-refractivity contribution in [2.75, 3.05) is 13.2 Å². The molecule has 1 aliphatic heterocycles. The van der Waals surface area contributed by atoms with Crippen molar-refractivity contribution in [3.63, 3.8) is 0 Å². The number of hydrogen-bond donors (Lipinski definition) is 0. The van der Waals surface area contributed by atoms with Crippen molar-refractivity contribution in [1.82, 2.24) is 19.7 Å². The van der Waals surface area contributed by atoms with E-state index in [1.807, 2.05) is 25.8 Å². The molecule has 2 aromatic rings. The van der Waals surface area contributed by atoms with Gasteiger partial charge in [0.05, 0.1) is 23.9 Å². The quantitative estimate of drug-likeness (QED) is 0.851. The summed E-state index contributed by atoms with van der Waals surface area (Å²) in [6.45, 7) is 5.09. The fourth-order valence-corrected chi connectivity index (χ4v) is 3.54. The van der Waals surface area contributed by atoms with Gasteiger partial charge in [-0.05, 0) is 32.8 Å². The Labute approximate surface area is 146 Å². The third-order valence-electron chi connectivity index (χ3n) is 4.32. The van der Waals surface area contributed by atoms with Gasteiger partial charge in [0, 0.05) is 31.4 Å². The van der Waals surface area contributed by atoms with Gasteiger partial charge < -0.3 is 9.64 Å². The Balaban J connectivity index is 1.86. The second kappa shape index (κ2) is 6.81. The van der Waals surface area contributed by atoms with E-state index in [0.717, 1.165) is 24.1 Å². The number of pyridine rings is 1. The molecule has 1 atom stereocenters. The Morgan fingerprint density at radius 3 is 2.83 bits per heavy atom. The number of rotatable bonds is 4. The van der Waals surface area contributed by atoms with Gasteiger partial charge in [0.1, 0.15) is 5.15 Å². The molecule has 3 rings (SSSR count). The van der Waals surface area contributed by atoms with Crippen LogP contribution in [-0.2, 0) is 7.05 Å². The van der Waals surface area contributed by atoms with Crippen LogP contribution in [0.4, 0.5) is 0 Å². The molecule has 3 heterocycles. The predicted molar refractivity (Wildman–Crippen MR) is 91.4 cm³/mol. The van der Waals surface area contributed by atoms with Gasteiger partial charge >= 0.3 is 0 Å². The zero-order valence-electron chi connectivity index (χ0n) is 14.1. The van der Waals surface area contributed by atoms with E-state index >= 15 is 0 Å². The molecule has 0 aliphatic carbocycles. The summed E-state index contributed by atoms with van der Waals surface area (Å²) in [5.74, 6) is 0.491. The molecule has 0 saturated carbocycles. The first-order valence-electron chi connectivity index (χ1n) is 8.11. The Bertz CT molecular complexity index is 742. The standard InChI is InChI=1S/C17H21ClN4O2/c1-4-24-14-8-7-12(10-19-14)17(23)22-9-5-6-13(22)15-11(2)20-21(3)16(15)18/h7-8,10,13H,4-6,9H2,1-3H3/t13-/m0/s1. The summed E-state index contributed by atoms with van der Waals surface area (Å²) in [6.07, 6.45) is 3.41. The van der Waals surface area contributed by atoms with Crippen LogP contribution in [0.5, 0.6) is 5.88 Å². The van der Waals surface area contributed by atoms with E-state index in [9.17, 15) is 4.79 Å². The second-order valence-electron chi connectivity index (χ2n) is 5.89. The SMILES string of the molecule is CCOc1ccc(C(=O)N2CCC[C@H]2c2c(C)nn(C)c2Cl)cn1. The van der Waals surface area contributed by atoms with E-state index in [2.05, 4.69) is 10.1 Å². The van der Waals surface area contributed by atoms with Gasteiger partial charge in [0.15, 0.2) is 0 Å². The number of aryl methyl sites for hydroxylation is 2. The van der Waals surface area contributed by atoms with Crippen LogP contribution in [-0.4, -0.2) is 38.7 Å². The molecule has 6 nitrogen and oxygen atoms in total. The lowest BCUT2D eigenvalue weighted by Crippen LogP contribution is -2.31. The maximum atomic E-state index is 12.9. The van der Waals surface area contributed by atoms with Gasteiger partial charge in [-0.2, -0.15) is 5.10 Å². The van der Waals surface area contributed by atoms with Gasteiger partial charge in [0.25, 0.3) is 5.91 Å². The van der Waals surface area contributed by atoms with Crippen LogP contribution in [0.1, 0.15) is 47.4 Å². The summed E-state index contributed by atoms with van der Waals surface area (Å²) >= 11 is 6.40. The van der Waals surface area contributed by atoms with E-state index < -0.39 is 0 Å². The molecule has 0 N–H and O–H groups in total. The number of amides is 1. The number of likely N-dealkylation sites (tertiary alicyclic amines) is 1. The molecule has 0 unspecified atom stereocenters. The fraction of sp³-hybridized carbons (Fsp3) is 0.471. The van der Waals surface area contributed by atoms with Crippen molar-refractivity contribution < 1.29 is 9.53 Å². The van der Waals surface area contributed by atoms with Crippen LogP contribution in [0.15, 0.2) is 18.3 Å². The number of carbonyl (C=O) groups excluding carboxylic acids is 1. The molecule has 0 aromatic carbocycles. The average Bonchev–Trinajstić information content (AvgIpc) is 3.13. The highest BCUT2D eigenvalue weighted by Gasteiger charge is 2.34. The largest absolute Gasteiger partial charge is 0.478 e. The van der Waals surface area contributed by atoms with E-state index in [0.29, 0.717) is 29.7 Å². The molecule has 7 heteroatoms. The summed E-state index contributed by atoms with van der Waals surface area (Å²) in [5.41, 5.74) is 2.38. The maximum Gasteiger partial charge on any atom is 0.255 e. The summed E-state index contributed by atoms with van der Waals surface area (Å²) in [5, 5.41) is 4.97. The lowest BCUT2D eigenvalue weighted by molar-refractivity contribution is 0.0735. The molecule has 24 heavy (non-hydrogen) atoms.